The predicted molar refractivity (Wildman–Crippen MR) is 175 cm³/mol. The molecule has 3 heterocycles. The highest BCUT2D eigenvalue weighted by atomic mass is 28.3. The van der Waals surface area contributed by atoms with Crippen molar-refractivity contribution in [2.75, 3.05) is 0 Å². The number of phenols is 1. The van der Waals surface area contributed by atoms with Gasteiger partial charge in [-0.15, -0.1) is 0 Å². The molecular formula is C35H42N4OSi. The second-order valence-electron chi connectivity index (χ2n) is 14.2. The Morgan fingerprint density at radius 3 is 2.12 bits per heavy atom. The molecule has 0 spiro atoms. The van der Waals surface area contributed by atoms with Gasteiger partial charge in [0.1, 0.15) is 17.1 Å². The molecule has 6 heteroatoms. The third-order valence-electron chi connectivity index (χ3n) is 7.88. The van der Waals surface area contributed by atoms with Crippen LogP contribution in [0, 0.1) is 0 Å². The van der Waals surface area contributed by atoms with Gasteiger partial charge in [0.2, 0.25) is 0 Å². The van der Waals surface area contributed by atoms with E-state index in [4.69, 9.17) is 15.0 Å². The number of phenolic OH excluding ortho intramolecular Hbond substituents is 1. The number of aromatic hydroxyl groups is 1. The average molecular weight is 563 g/mol. The fourth-order valence-electron chi connectivity index (χ4n) is 5.25. The van der Waals surface area contributed by atoms with Crippen molar-refractivity contribution in [1.82, 2.24) is 19.5 Å². The first-order valence-corrected chi connectivity index (χ1v) is 17.8. The highest BCUT2D eigenvalue weighted by molar-refractivity contribution is 6.88. The molecule has 0 fully saturated rings. The number of nitrogens with zero attached hydrogens (tertiary/aromatic N) is 4. The molecule has 0 bridgehead atoms. The van der Waals surface area contributed by atoms with E-state index in [1.165, 1.54) is 10.8 Å². The Labute approximate surface area is 245 Å². The SMILES string of the molecule is Cn1c(-c2cccc(C(C)(C)C)c2O)nc2c(-c3cc(-c4ccc([Si](C)(C)C)cn4)cc(C(C)(C)C)c3)nccc21. The van der Waals surface area contributed by atoms with Crippen LogP contribution in [-0.4, -0.2) is 32.7 Å². The van der Waals surface area contributed by atoms with Gasteiger partial charge in [-0.2, -0.15) is 0 Å². The molecule has 41 heavy (non-hydrogen) atoms. The summed E-state index contributed by atoms with van der Waals surface area (Å²) in [7, 11) is 0.556. The van der Waals surface area contributed by atoms with E-state index >= 15 is 0 Å². The van der Waals surface area contributed by atoms with Crippen LogP contribution in [0.4, 0.5) is 0 Å². The van der Waals surface area contributed by atoms with Crippen LogP contribution in [0.25, 0.3) is 44.9 Å². The lowest BCUT2D eigenvalue weighted by Gasteiger charge is -2.22. The fraction of sp³-hybridized carbons (Fsp3) is 0.343. The Bertz CT molecular complexity index is 1750. The largest absolute Gasteiger partial charge is 0.507 e. The van der Waals surface area contributed by atoms with E-state index in [0.29, 0.717) is 5.82 Å². The van der Waals surface area contributed by atoms with Crippen LogP contribution >= 0.6 is 0 Å². The smallest absolute Gasteiger partial charge is 0.144 e. The van der Waals surface area contributed by atoms with Crippen molar-refractivity contribution in [2.24, 2.45) is 7.05 Å². The maximum absolute atomic E-state index is 11.3. The van der Waals surface area contributed by atoms with E-state index in [2.05, 4.69) is 91.5 Å². The zero-order valence-electron chi connectivity index (χ0n) is 26.1. The number of benzene rings is 2. The molecule has 1 N–H and O–H groups in total. The summed E-state index contributed by atoms with van der Waals surface area (Å²) < 4.78 is 2.05. The molecule has 5 rings (SSSR count). The molecule has 0 saturated heterocycles. The van der Waals surface area contributed by atoms with Gasteiger partial charge >= 0.3 is 0 Å². The lowest BCUT2D eigenvalue weighted by atomic mass is 9.84. The van der Waals surface area contributed by atoms with E-state index < -0.39 is 8.07 Å². The van der Waals surface area contributed by atoms with Gasteiger partial charge in [-0.3, -0.25) is 9.97 Å². The molecule has 3 aromatic heterocycles. The van der Waals surface area contributed by atoms with E-state index in [1.54, 1.807) is 0 Å². The highest BCUT2D eigenvalue weighted by Gasteiger charge is 2.24. The third kappa shape index (κ3) is 5.45. The number of hydrogen-bond acceptors (Lipinski definition) is 4. The highest BCUT2D eigenvalue weighted by Crippen LogP contribution is 2.40. The lowest BCUT2D eigenvalue weighted by molar-refractivity contribution is 0.448. The first-order chi connectivity index (χ1) is 19.1. The Balaban J connectivity index is 1.70. The molecule has 2 aromatic carbocycles. The third-order valence-corrected chi connectivity index (χ3v) is 9.91. The van der Waals surface area contributed by atoms with E-state index in [0.717, 1.165) is 44.7 Å². The fourth-order valence-corrected chi connectivity index (χ4v) is 6.29. The summed E-state index contributed by atoms with van der Waals surface area (Å²) in [4.78, 5) is 14.9. The van der Waals surface area contributed by atoms with Crippen LogP contribution < -0.4 is 5.19 Å². The van der Waals surface area contributed by atoms with Crippen molar-refractivity contribution in [2.45, 2.75) is 72.0 Å². The normalized spacial score (nSPS) is 12.7. The van der Waals surface area contributed by atoms with Crippen LogP contribution in [0.1, 0.15) is 52.7 Å². The van der Waals surface area contributed by atoms with Crippen LogP contribution in [0.5, 0.6) is 5.75 Å². The summed E-state index contributed by atoms with van der Waals surface area (Å²) in [6.45, 7) is 20.0. The number of hydrogen-bond donors (Lipinski definition) is 1. The molecule has 212 valence electrons. The van der Waals surface area contributed by atoms with E-state index in [1.807, 2.05) is 48.3 Å². The average Bonchev–Trinajstić information content (AvgIpc) is 3.23. The van der Waals surface area contributed by atoms with Crippen molar-refractivity contribution in [3.05, 3.63) is 78.1 Å². The van der Waals surface area contributed by atoms with Crippen LogP contribution in [0.2, 0.25) is 19.6 Å². The first-order valence-electron chi connectivity index (χ1n) is 14.3. The predicted octanol–water partition coefficient (Wildman–Crippen LogP) is 8.21. The molecule has 0 atom stereocenters. The number of para-hydroxylation sites is 1. The minimum Gasteiger partial charge on any atom is -0.507 e. The van der Waals surface area contributed by atoms with Gasteiger partial charge in [0.05, 0.1) is 30.5 Å². The molecule has 0 unspecified atom stereocenters. The zero-order valence-corrected chi connectivity index (χ0v) is 27.1. The van der Waals surface area contributed by atoms with Gasteiger partial charge in [0, 0.05) is 30.6 Å². The number of pyridine rings is 2. The monoisotopic (exact) mass is 562 g/mol. The summed E-state index contributed by atoms with van der Waals surface area (Å²) >= 11 is 0. The minimum atomic E-state index is -1.44. The molecule has 0 aliphatic heterocycles. The van der Waals surface area contributed by atoms with Crippen molar-refractivity contribution in [3.8, 4) is 39.7 Å². The summed E-state index contributed by atoms with van der Waals surface area (Å²) in [5.74, 6) is 0.992. The molecule has 0 aliphatic carbocycles. The number of aromatic nitrogens is 4. The summed E-state index contributed by atoms with van der Waals surface area (Å²) in [6.07, 6.45) is 3.90. The van der Waals surface area contributed by atoms with E-state index in [-0.39, 0.29) is 16.6 Å². The number of aryl methyl sites for hydroxylation is 1. The van der Waals surface area contributed by atoms with Gasteiger partial charge in [-0.25, -0.2) is 4.98 Å². The summed E-state index contributed by atoms with van der Waals surface area (Å²) in [5, 5.41) is 12.6. The standard InChI is InChI=1S/C35H42N4OSi/c1-34(2,3)24-19-22(28-15-14-25(21-37-28)41(8,9)10)18-23(20-24)30-31-29(16-17-36-30)39(7)33(38-31)26-12-11-13-27(32(26)40)35(4,5)6/h11-21,40H,1-10H3. The van der Waals surface area contributed by atoms with Gasteiger partial charge in [-0.05, 0) is 63.5 Å². The van der Waals surface area contributed by atoms with Gasteiger partial charge < -0.3 is 9.67 Å². The molecule has 0 saturated carbocycles. The van der Waals surface area contributed by atoms with Crippen LogP contribution in [-0.2, 0) is 17.9 Å². The van der Waals surface area contributed by atoms with Gasteiger partial charge in [0.25, 0.3) is 0 Å². The Kier molecular flexibility index (Phi) is 6.97. The first kappa shape index (κ1) is 28.7. The Morgan fingerprint density at radius 1 is 0.805 bits per heavy atom. The van der Waals surface area contributed by atoms with Gasteiger partial charge in [0.15, 0.2) is 0 Å². The number of fused-ring (bicyclic) bond motifs is 1. The molecular weight excluding hydrogens is 520 g/mol. The quantitative estimate of drug-likeness (QED) is 0.224. The van der Waals surface area contributed by atoms with Crippen molar-refractivity contribution in [3.63, 3.8) is 0 Å². The van der Waals surface area contributed by atoms with Crippen LogP contribution in [0.3, 0.4) is 0 Å². The number of imidazole rings is 1. The van der Waals surface area contributed by atoms with Crippen molar-refractivity contribution >= 4 is 24.3 Å². The Hall–Kier alpha value is -3.77. The zero-order chi connectivity index (χ0) is 29.9. The molecule has 5 nitrogen and oxygen atoms in total. The summed E-state index contributed by atoms with van der Waals surface area (Å²) in [5.41, 5.74) is 8.20. The molecule has 5 aromatic rings. The van der Waals surface area contributed by atoms with Crippen molar-refractivity contribution in [1.29, 1.82) is 0 Å². The molecule has 0 radical (unpaired) electrons. The summed E-state index contributed by atoms with van der Waals surface area (Å²) in [6, 6.07) is 19.0. The topological polar surface area (TPSA) is 63.8 Å². The Morgan fingerprint density at radius 2 is 1.51 bits per heavy atom. The maximum Gasteiger partial charge on any atom is 0.144 e. The van der Waals surface area contributed by atoms with Crippen LogP contribution in [0.15, 0.2) is 67.0 Å². The maximum atomic E-state index is 11.3. The lowest BCUT2D eigenvalue weighted by Crippen LogP contribution is -2.37. The second-order valence-corrected chi connectivity index (χ2v) is 19.3. The molecule has 0 aliphatic rings. The van der Waals surface area contributed by atoms with E-state index in [9.17, 15) is 5.11 Å². The molecule has 0 amide bonds. The minimum absolute atomic E-state index is 0.0641. The van der Waals surface area contributed by atoms with Gasteiger partial charge in [-0.1, -0.05) is 79.4 Å². The second kappa shape index (κ2) is 9.95. The van der Waals surface area contributed by atoms with Crippen molar-refractivity contribution < 1.29 is 5.11 Å². The number of rotatable bonds is 4.